The first-order valence-electron chi connectivity index (χ1n) is 9.01. The Balaban J connectivity index is 1.59. The van der Waals surface area contributed by atoms with E-state index in [1.54, 1.807) is 25.3 Å². The number of methoxy groups -OCH3 is 2. The molecule has 0 radical (unpaired) electrons. The van der Waals surface area contributed by atoms with Crippen molar-refractivity contribution in [3.05, 3.63) is 59.7 Å². The lowest BCUT2D eigenvalue weighted by molar-refractivity contribution is -0.154. The Morgan fingerprint density at radius 2 is 1.90 bits per heavy atom. The number of carbonyl (C=O) groups is 3. The number of hydrogen-bond donors (Lipinski definition) is 1. The van der Waals surface area contributed by atoms with Crippen molar-refractivity contribution in [1.82, 2.24) is 10.2 Å². The average molecular weight is 398 g/mol. The summed E-state index contributed by atoms with van der Waals surface area (Å²) in [6.45, 7) is 0.249. The Labute approximate surface area is 168 Å². The first-order chi connectivity index (χ1) is 14.1. The molecule has 1 fully saturated rings. The van der Waals surface area contributed by atoms with Gasteiger partial charge in [0.2, 0.25) is 5.91 Å². The minimum atomic E-state index is -0.944. The smallest absolute Gasteiger partial charge is 0.408 e. The maximum absolute atomic E-state index is 12.5. The van der Waals surface area contributed by atoms with Gasteiger partial charge in [-0.1, -0.05) is 30.3 Å². The summed E-state index contributed by atoms with van der Waals surface area (Å²) in [6, 6.07) is 12.7. The highest BCUT2D eigenvalue weighted by atomic mass is 16.5. The third-order valence-electron chi connectivity index (χ3n) is 4.71. The highest BCUT2D eigenvalue weighted by molar-refractivity contribution is 5.98. The fourth-order valence-corrected chi connectivity index (χ4v) is 3.11. The lowest BCUT2D eigenvalue weighted by atomic mass is 9.95. The molecule has 2 aromatic carbocycles. The van der Waals surface area contributed by atoms with Crippen molar-refractivity contribution in [3.63, 3.8) is 0 Å². The summed E-state index contributed by atoms with van der Waals surface area (Å²) in [6.07, 6.45) is -0.111. The first-order valence-corrected chi connectivity index (χ1v) is 9.01. The number of β-lactam (4-membered cyclic amide) rings is 1. The molecule has 1 N–H and O–H groups in total. The second-order valence-corrected chi connectivity index (χ2v) is 6.45. The molecule has 0 aromatic heterocycles. The van der Waals surface area contributed by atoms with Gasteiger partial charge in [0.05, 0.1) is 20.8 Å². The third kappa shape index (κ3) is 4.48. The minimum Gasteiger partial charge on any atom is -0.497 e. The molecule has 3 rings (SSSR count). The topological polar surface area (TPSA) is 94.2 Å². The van der Waals surface area contributed by atoms with Crippen molar-refractivity contribution < 1.29 is 28.6 Å². The van der Waals surface area contributed by atoms with Gasteiger partial charge in [-0.05, 0) is 17.7 Å². The van der Waals surface area contributed by atoms with Gasteiger partial charge in [-0.3, -0.25) is 4.79 Å². The van der Waals surface area contributed by atoms with Crippen LogP contribution in [0.4, 0.5) is 4.79 Å². The maximum atomic E-state index is 12.5. The second kappa shape index (κ2) is 9.09. The predicted molar refractivity (Wildman–Crippen MR) is 103 cm³/mol. The molecule has 0 bridgehead atoms. The van der Waals surface area contributed by atoms with E-state index in [-0.39, 0.29) is 19.1 Å². The molecule has 2 amide bonds. The number of nitrogens with zero attached hydrogens (tertiary/aromatic N) is 1. The molecule has 8 nitrogen and oxygen atoms in total. The number of ether oxygens (including phenoxy) is 3. The van der Waals surface area contributed by atoms with E-state index in [1.165, 1.54) is 12.0 Å². The minimum absolute atomic E-state index is 0.0755. The summed E-state index contributed by atoms with van der Waals surface area (Å²) < 4.78 is 15.6. The zero-order chi connectivity index (χ0) is 20.8. The number of nitrogens with one attached hydrogen (secondary N) is 1. The van der Waals surface area contributed by atoms with Gasteiger partial charge in [0.25, 0.3) is 0 Å². The molecular formula is C21H22N2O6. The molecule has 29 heavy (non-hydrogen) atoms. The standard InChI is InChI=1S/C21H22N2O6/c1-27-16-9-8-15(18(10-16)28-2)11-23-17(12-24)19(20(23)25)22-21(26)29-13-14-6-4-3-5-7-14/h3-10,12,17,19H,11,13H2,1-2H3,(H,22,26)/t17-,19+/m0/s1. The Kier molecular flexibility index (Phi) is 6.33. The molecule has 1 aliphatic rings. The van der Waals surface area contributed by atoms with Crippen LogP contribution in [0.15, 0.2) is 48.5 Å². The Hall–Kier alpha value is -3.55. The van der Waals surface area contributed by atoms with Gasteiger partial charge in [0.15, 0.2) is 0 Å². The predicted octanol–water partition coefficient (Wildman–Crippen LogP) is 1.91. The van der Waals surface area contributed by atoms with Gasteiger partial charge in [-0.15, -0.1) is 0 Å². The second-order valence-electron chi connectivity index (χ2n) is 6.45. The van der Waals surface area contributed by atoms with E-state index in [0.717, 1.165) is 11.1 Å². The molecule has 8 heteroatoms. The van der Waals surface area contributed by atoms with Gasteiger partial charge >= 0.3 is 6.09 Å². The lowest BCUT2D eigenvalue weighted by Gasteiger charge is -2.44. The number of aldehydes is 1. The van der Waals surface area contributed by atoms with Crippen molar-refractivity contribution >= 4 is 18.3 Å². The van der Waals surface area contributed by atoms with Crippen LogP contribution in [0.25, 0.3) is 0 Å². The third-order valence-corrected chi connectivity index (χ3v) is 4.71. The van der Waals surface area contributed by atoms with Gasteiger partial charge < -0.3 is 29.2 Å². The van der Waals surface area contributed by atoms with Gasteiger partial charge in [0.1, 0.15) is 36.5 Å². The number of benzene rings is 2. The van der Waals surface area contributed by atoms with Crippen LogP contribution in [0.3, 0.4) is 0 Å². The monoisotopic (exact) mass is 398 g/mol. The van der Waals surface area contributed by atoms with E-state index in [2.05, 4.69) is 5.32 Å². The fraction of sp³-hybridized carbons (Fsp3) is 0.286. The molecule has 152 valence electrons. The molecule has 0 unspecified atom stereocenters. The Morgan fingerprint density at radius 1 is 1.14 bits per heavy atom. The van der Waals surface area contributed by atoms with E-state index in [0.29, 0.717) is 17.8 Å². The van der Waals surface area contributed by atoms with E-state index in [1.807, 2.05) is 30.3 Å². The van der Waals surface area contributed by atoms with Crippen LogP contribution in [0.1, 0.15) is 11.1 Å². The largest absolute Gasteiger partial charge is 0.497 e. The highest BCUT2D eigenvalue weighted by Crippen LogP contribution is 2.29. The van der Waals surface area contributed by atoms with Crippen LogP contribution in [0, 0.1) is 0 Å². The summed E-state index contributed by atoms with van der Waals surface area (Å²) in [7, 11) is 3.06. The number of carbonyl (C=O) groups excluding carboxylic acids is 3. The number of amides is 2. The van der Waals surface area contributed by atoms with Crippen LogP contribution in [-0.2, 0) is 27.5 Å². The van der Waals surface area contributed by atoms with Gasteiger partial charge in [0, 0.05) is 11.6 Å². The van der Waals surface area contributed by atoms with Crippen molar-refractivity contribution in [2.75, 3.05) is 14.2 Å². The first kappa shape index (κ1) is 20.2. The normalized spacial score (nSPS) is 17.9. The summed E-state index contributed by atoms with van der Waals surface area (Å²) in [4.78, 5) is 37.4. The maximum Gasteiger partial charge on any atom is 0.408 e. The van der Waals surface area contributed by atoms with Crippen LogP contribution >= 0.6 is 0 Å². The van der Waals surface area contributed by atoms with Crippen molar-refractivity contribution in [2.45, 2.75) is 25.2 Å². The van der Waals surface area contributed by atoms with Crippen LogP contribution in [-0.4, -0.2) is 49.5 Å². The molecule has 0 aliphatic carbocycles. The SMILES string of the molecule is COc1ccc(CN2C(=O)[C@H](NC(=O)OCc3ccccc3)[C@@H]2C=O)c(OC)c1. The van der Waals surface area contributed by atoms with Crippen molar-refractivity contribution in [3.8, 4) is 11.5 Å². The highest BCUT2D eigenvalue weighted by Gasteiger charge is 2.48. The van der Waals surface area contributed by atoms with Crippen molar-refractivity contribution in [1.29, 1.82) is 0 Å². The fourth-order valence-electron chi connectivity index (χ4n) is 3.11. The quantitative estimate of drug-likeness (QED) is 0.539. The average Bonchev–Trinajstić information content (AvgIpc) is 2.77. The number of alkyl carbamates (subject to hydrolysis) is 1. The molecule has 0 saturated carbocycles. The Bertz CT molecular complexity index is 886. The van der Waals surface area contributed by atoms with E-state index in [9.17, 15) is 14.4 Å². The van der Waals surface area contributed by atoms with Crippen molar-refractivity contribution in [2.24, 2.45) is 0 Å². The van der Waals surface area contributed by atoms with Gasteiger partial charge in [-0.2, -0.15) is 0 Å². The Morgan fingerprint density at radius 3 is 2.55 bits per heavy atom. The number of likely N-dealkylation sites (tertiary alicyclic amines) is 1. The van der Waals surface area contributed by atoms with E-state index >= 15 is 0 Å². The van der Waals surface area contributed by atoms with Crippen LogP contribution < -0.4 is 14.8 Å². The molecule has 0 spiro atoms. The van der Waals surface area contributed by atoms with Crippen LogP contribution in [0.5, 0.6) is 11.5 Å². The molecule has 2 atom stereocenters. The lowest BCUT2D eigenvalue weighted by Crippen LogP contribution is -2.70. The number of hydrogen-bond acceptors (Lipinski definition) is 6. The zero-order valence-corrected chi connectivity index (χ0v) is 16.2. The molecule has 1 heterocycles. The van der Waals surface area contributed by atoms with Gasteiger partial charge in [-0.25, -0.2) is 4.79 Å². The summed E-state index contributed by atoms with van der Waals surface area (Å²) in [5.74, 6) is 0.797. The van der Waals surface area contributed by atoms with E-state index < -0.39 is 18.2 Å². The molecular weight excluding hydrogens is 376 g/mol. The summed E-state index contributed by atoms with van der Waals surface area (Å²) in [5, 5.41) is 2.47. The molecule has 2 aromatic rings. The molecule has 1 saturated heterocycles. The van der Waals surface area contributed by atoms with E-state index in [4.69, 9.17) is 14.2 Å². The number of rotatable bonds is 8. The zero-order valence-electron chi connectivity index (χ0n) is 16.2. The summed E-state index contributed by atoms with van der Waals surface area (Å²) in [5.41, 5.74) is 1.54. The van der Waals surface area contributed by atoms with Crippen LogP contribution in [0.2, 0.25) is 0 Å². The molecule has 1 aliphatic heterocycles. The summed E-state index contributed by atoms with van der Waals surface area (Å²) >= 11 is 0.